The average Bonchev–Trinajstić information content (AvgIpc) is 2.94. The fraction of sp³-hybridized carbons (Fsp3) is 0.357. The summed E-state index contributed by atoms with van der Waals surface area (Å²) in [5, 5.41) is 10.2. The van der Waals surface area contributed by atoms with E-state index >= 15 is 0 Å². The van der Waals surface area contributed by atoms with Crippen LogP contribution in [0.3, 0.4) is 0 Å². The normalized spacial score (nSPS) is 15.3. The molecule has 7 heteroatoms. The number of phenolic OH excluding ortho intramolecular Hbond substituents is 1. The second-order valence-electron chi connectivity index (χ2n) is 4.95. The van der Waals surface area contributed by atoms with Gasteiger partial charge in [0.1, 0.15) is 11.6 Å². The number of aromatic nitrogens is 2. The van der Waals surface area contributed by atoms with E-state index in [2.05, 4.69) is 14.3 Å². The van der Waals surface area contributed by atoms with Gasteiger partial charge < -0.3 is 14.9 Å². The summed E-state index contributed by atoms with van der Waals surface area (Å²) in [6, 6.07) is 6.37. The summed E-state index contributed by atoms with van der Waals surface area (Å²) < 4.78 is 4.19. The van der Waals surface area contributed by atoms with Crippen LogP contribution in [0.15, 0.2) is 24.3 Å². The van der Waals surface area contributed by atoms with Crippen LogP contribution in [0.5, 0.6) is 5.75 Å². The van der Waals surface area contributed by atoms with Gasteiger partial charge in [0, 0.05) is 43.3 Å². The number of hydrogen-bond acceptors (Lipinski definition) is 6. The first kappa shape index (κ1) is 13.8. The minimum Gasteiger partial charge on any atom is -0.508 e. The van der Waals surface area contributed by atoms with Crippen molar-refractivity contribution in [1.29, 1.82) is 0 Å². The van der Waals surface area contributed by atoms with Gasteiger partial charge in [0.15, 0.2) is 0 Å². The number of amides is 1. The Morgan fingerprint density at radius 2 is 1.86 bits per heavy atom. The highest BCUT2D eigenvalue weighted by Crippen LogP contribution is 2.19. The first-order valence-electron chi connectivity index (χ1n) is 6.77. The Morgan fingerprint density at radius 1 is 1.19 bits per heavy atom. The minimum absolute atomic E-state index is 0.00287. The van der Waals surface area contributed by atoms with Gasteiger partial charge in [-0.3, -0.25) is 4.79 Å². The lowest BCUT2D eigenvalue weighted by Gasteiger charge is -2.34. The first-order chi connectivity index (χ1) is 10.1. The molecule has 0 radical (unpaired) electrons. The van der Waals surface area contributed by atoms with Crippen molar-refractivity contribution in [1.82, 2.24) is 14.3 Å². The Bertz CT molecular complexity index is 633. The molecule has 0 aliphatic carbocycles. The van der Waals surface area contributed by atoms with Crippen molar-refractivity contribution in [2.45, 2.75) is 6.92 Å². The van der Waals surface area contributed by atoms with Crippen LogP contribution < -0.4 is 4.90 Å². The molecule has 21 heavy (non-hydrogen) atoms. The van der Waals surface area contributed by atoms with Crippen LogP contribution >= 0.6 is 11.5 Å². The van der Waals surface area contributed by atoms with Gasteiger partial charge in [0.2, 0.25) is 5.13 Å². The van der Waals surface area contributed by atoms with E-state index in [9.17, 15) is 9.90 Å². The molecule has 1 saturated heterocycles. The number of anilines is 1. The zero-order valence-electron chi connectivity index (χ0n) is 11.7. The number of nitrogens with zero attached hydrogens (tertiary/aromatic N) is 4. The molecular formula is C14H16N4O2S. The van der Waals surface area contributed by atoms with E-state index in [4.69, 9.17) is 0 Å². The van der Waals surface area contributed by atoms with E-state index in [1.807, 2.05) is 11.8 Å². The SMILES string of the molecule is Cc1nsc(N2CCN(C(=O)c3ccc(O)cc3)CC2)n1. The molecule has 1 aliphatic heterocycles. The van der Waals surface area contributed by atoms with Crippen LogP contribution in [0.1, 0.15) is 16.2 Å². The predicted molar refractivity (Wildman–Crippen MR) is 80.9 cm³/mol. The smallest absolute Gasteiger partial charge is 0.253 e. The van der Waals surface area contributed by atoms with E-state index in [1.165, 1.54) is 23.7 Å². The van der Waals surface area contributed by atoms with E-state index in [-0.39, 0.29) is 11.7 Å². The van der Waals surface area contributed by atoms with Crippen molar-refractivity contribution in [3.63, 3.8) is 0 Å². The lowest BCUT2D eigenvalue weighted by molar-refractivity contribution is 0.0747. The van der Waals surface area contributed by atoms with Crippen LogP contribution in [0, 0.1) is 6.92 Å². The van der Waals surface area contributed by atoms with Crippen molar-refractivity contribution in [2.24, 2.45) is 0 Å². The molecule has 1 fully saturated rings. The Morgan fingerprint density at radius 3 is 2.43 bits per heavy atom. The summed E-state index contributed by atoms with van der Waals surface area (Å²) in [4.78, 5) is 20.7. The van der Waals surface area contributed by atoms with Gasteiger partial charge in [-0.25, -0.2) is 4.98 Å². The van der Waals surface area contributed by atoms with Crippen molar-refractivity contribution in [3.05, 3.63) is 35.7 Å². The number of benzene rings is 1. The molecular weight excluding hydrogens is 288 g/mol. The highest BCUT2D eigenvalue weighted by atomic mass is 32.1. The van der Waals surface area contributed by atoms with Crippen molar-refractivity contribution >= 4 is 22.6 Å². The molecule has 0 bridgehead atoms. The van der Waals surface area contributed by atoms with Crippen molar-refractivity contribution in [3.8, 4) is 5.75 Å². The first-order valence-corrected chi connectivity index (χ1v) is 7.54. The summed E-state index contributed by atoms with van der Waals surface area (Å²) in [6.07, 6.45) is 0. The third-order valence-electron chi connectivity index (χ3n) is 3.47. The molecule has 1 amide bonds. The number of rotatable bonds is 2. The second-order valence-corrected chi connectivity index (χ2v) is 5.68. The van der Waals surface area contributed by atoms with Crippen molar-refractivity contribution < 1.29 is 9.90 Å². The molecule has 1 aromatic carbocycles. The van der Waals surface area contributed by atoms with Gasteiger partial charge in [-0.15, -0.1) is 0 Å². The van der Waals surface area contributed by atoms with Gasteiger partial charge in [-0.1, -0.05) is 0 Å². The largest absolute Gasteiger partial charge is 0.508 e. The highest BCUT2D eigenvalue weighted by Gasteiger charge is 2.23. The molecule has 1 aliphatic rings. The third-order valence-corrected chi connectivity index (χ3v) is 4.34. The number of phenols is 1. The lowest BCUT2D eigenvalue weighted by atomic mass is 10.2. The minimum atomic E-state index is 0.00287. The Balaban J connectivity index is 1.63. The summed E-state index contributed by atoms with van der Waals surface area (Å²) in [5.41, 5.74) is 0.605. The number of aromatic hydroxyl groups is 1. The van der Waals surface area contributed by atoms with Crippen LogP contribution in [-0.4, -0.2) is 51.5 Å². The molecule has 110 valence electrons. The zero-order chi connectivity index (χ0) is 14.8. The standard InChI is InChI=1S/C14H16N4O2S/c1-10-15-14(21-16-10)18-8-6-17(7-9-18)13(20)11-2-4-12(19)5-3-11/h2-5,19H,6-9H2,1H3. The third kappa shape index (κ3) is 2.97. The average molecular weight is 304 g/mol. The second kappa shape index (κ2) is 5.69. The quantitative estimate of drug-likeness (QED) is 0.911. The van der Waals surface area contributed by atoms with Gasteiger partial charge in [-0.05, 0) is 31.2 Å². The van der Waals surface area contributed by atoms with E-state index < -0.39 is 0 Å². The molecule has 1 aromatic heterocycles. The van der Waals surface area contributed by atoms with Gasteiger partial charge in [0.05, 0.1) is 0 Å². The molecule has 3 rings (SSSR count). The molecule has 0 atom stereocenters. The van der Waals surface area contributed by atoms with E-state index in [1.54, 1.807) is 12.1 Å². The molecule has 6 nitrogen and oxygen atoms in total. The number of aryl methyl sites for hydroxylation is 1. The van der Waals surface area contributed by atoms with Crippen molar-refractivity contribution in [2.75, 3.05) is 31.1 Å². The summed E-state index contributed by atoms with van der Waals surface area (Å²) in [7, 11) is 0. The number of carbonyl (C=O) groups is 1. The van der Waals surface area contributed by atoms with E-state index in [0.29, 0.717) is 18.7 Å². The zero-order valence-corrected chi connectivity index (χ0v) is 12.5. The van der Waals surface area contributed by atoms with Crippen LogP contribution in [0.4, 0.5) is 5.13 Å². The topological polar surface area (TPSA) is 69.6 Å². The van der Waals surface area contributed by atoms with Crippen LogP contribution in [0.2, 0.25) is 0 Å². The fourth-order valence-electron chi connectivity index (χ4n) is 2.30. The summed E-state index contributed by atoms with van der Waals surface area (Å²) in [6.45, 7) is 4.73. The van der Waals surface area contributed by atoms with Crippen LogP contribution in [0.25, 0.3) is 0 Å². The fourth-order valence-corrected chi connectivity index (χ4v) is 3.03. The van der Waals surface area contributed by atoms with Gasteiger partial charge in [0.25, 0.3) is 5.91 Å². The monoisotopic (exact) mass is 304 g/mol. The molecule has 0 unspecified atom stereocenters. The maximum Gasteiger partial charge on any atom is 0.253 e. The Kier molecular flexibility index (Phi) is 3.74. The number of carbonyl (C=O) groups excluding carboxylic acids is 1. The summed E-state index contributed by atoms with van der Waals surface area (Å²) >= 11 is 1.40. The van der Waals surface area contributed by atoms with Gasteiger partial charge in [-0.2, -0.15) is 4.37 Å². The molecule has 0 spiro atoms. The Labute approximate surface area is 126 Å². The predicted octanol–water partition coefficient (Wildman–Crippen LogP) is 1.51. The van der Waals surface area contributed by atoms with Crippen LogP contribution in [-0.2, 0) is 0 Å². The number of hydrogen-bond donors (Lipinski definition) is 1. The van der Waals surface area contributed by atoms with Gasteiger partial charge >= 0.3 is 0 Å². The highest BCUT2D eigenvalue weighted by molar-refractivity contribution is 7.09. The molecule has 1 N–H and O–H groups in total. The molecule has 2 heterocycles. The molecule has 0 saturated carbocycles. The maximum atomic E-state index is 12.4. The van der Waals surface area contributed by atoms with E-state index in [0.717, 1.165) is 24.0 Å². The molecule has 2 aromatic rings. The number of piperazine rings is 1. The lowest BCUT2D eigenvalue weighted by Crippen LogP contribution is -2.48. The summed E-state index contributed by atoms with van der Waals surface area (Å²) in [5.74, 6) is 0.962. The Hall–Kier alpha value is -2.15. The maximum absolute atomic E-state index is 12.4.